The van der Waals surface area contributed by atoms with Crippen LogP contribution in [0.5, 0.6) is 0 Å². The minimum Gasteiger partial charge on any atom is -0.254 e. The van der Waals surface area contributed by atoms with E-state index in [0.717, 1.165) is 0 Å². The number of hydrogen-bond donors (Lipinski definition) is 0. The third kappa shape index (κ3) is 1.48. The van der Waals surface area contributed by atoms with Gasteiger partial charge >= 0.3 is 0 Å². The molecule has 0 radical (unpaired) electrons. The van der Waals surface area contributed by atoms with Crippen LogP contribution >= 0.6 is 11.6 Å². The van der Waals surface area contributed by atoms with Crippen LogP contribution in [0.25, 0.3) is 0 Å². The first-order valence-electron chi connectivity index (χ1n) is 2.59. The lowest BCUT2D eigenvalue weighted by molar-refractivity contribution is 0.956. The lowest BCUT2D eigenvalue weighted by Crippen LogP contribution is -1.89. The molecular weight excluding hydrogens is 154 g/mol. The summed E-state index contributed by atoms with van der Waals surface area (Å²) >= 11 is 5.53. The van der Waals surface area contributed by atoms with Crippen molar-refractivity contribution in [2.75, 3.05) is 0 Å². The third-order valence-electron chi connectivity index (χ3n) is 0.937. The molecule has 1 aromatic heterocycles. The van der Waals surface area contributed by atoms with Gasteiger partial charge in [0.25, 0.3) is 0 Å². The van der Waals surface area contributed by atoms with Crippen LogP contribution in [0.15, 0.2) is 17.6 Å². The van der Waals surface area contributed by atoms with Gasteiger partial charge in [-0.2, -0.15) is 4.91 Å². The van der Waals surface area contributed by atoms with E-state index in [1.807, 2.05) is 0 Å². The summed E-state index contributed by atoms with van der Waals surface area (Å²) in [7, 11) is 0. The van der Waals surface area contributed by atoms with Crippen LogP contribution in [0.1, 0.15) is 5.69 Å². The standard InChI is InChI=1S/C5H4ClN3O/c6-5-4(3-9-10)7-1-2-8-5/h1-2H,3H2. The molecule has 1 heterocycles. The number of halogens is 1. The summed E-state index contributed by atoms with van der Waals surface area (Å²) in [5.41, 5.74) is 0.416. The van der Waals surface area contributed by atoms with E-state index in [-0.39, 0.29) is 11.7 Å². The molecule has 0 saturated heterocycles. The van der Waals surface area contributed by atoms with E-state index in [9.17, 15) is 4.91 Å². The minimum absolute atomic E-state index is 0.0212. The van der Waals surface area contributed by atoms with Crippen LogP contribution < -0.4 is 0 Å². The Hall–Kier alpha value is -1.03. The fourth-order valence-corrected chi connectivity index (χ4v) is 0.682. The van der Waals surface area contributed by atoms with Crippen LogP contribution in [0.3, 0.4) is 0 Å². The van der Waals surface area contributed by atoms with E-state index >= 15 is 0 Å². The maximum atomic E-state index is 9.75. The number of rotatable bonds is 2. The molecule has 0 N–H and O–H groups in total. The highest BCUT2D eigenvalue weighted by atomic mass is 35.5. The van der Waals surface area contributed by atoms with Crippen molar-refractivity contribution in [2.45, 2.75) is 6.54 Å². The Morgan fingerprint density at radius 3 is 2.80 bits per heavy atom. The zero-order valence-corrected chi connectivity index (χ0v) is 5.75. The number of hydrogen-bond acceptors (Lipinski definition) is 4. The van der Waals surface area contributed by atoms with Gasteiger partial charge in [0.2, 0.25) is 0 Å². The molecule has 0 aromatic carbocycles. The summed E-state index contributed by atoms with van der Waals surface area (Å²) in [5, 5.41) is 2.87. The van der Waals surface area contributed by atoms with Crippen LogP contribution in [0.4, 0.5) is 0 Å². The van der Waals surface area contributed by atoms with Crippen LogP contribution in [-0.2, 0) is 6.54 Å². The van der Waals surface area contributed by atoms with E-state index < -0.39 is 0 Å². The van der Waals surface area contributed by atoms with Gasteiger partial charge in [-0.15, -0.1) is 0 Å². The van der Waals surface area contributed by atoms with E-state index in [4.69, 9.17) is 11.6 Å². The summed E-state index contributed by atoms with van der Waals surface area (Å²) in [4.78, 5) is 17.2. The van der Waals surface area contributed by atoms with Crippen molar-refractivity contribution in [3.63, 3.8) is 0 Å². The van der Waals surface area contributed by atoms with Crippen LogP contribution in [0, 0.1) is 4.91 Å². The molecule has 0 unspecified atom stereocenters. The van der Waals surface area contributed by atoms with Crippen molar-refractivity contribution >= 4 is 11.6 Å². The average Bonchev–Trinajstić information content (AvgIpc) is 1.94. The number of aromatic nitrogens is 2. The first kappa shape index (κ1) is 7.08. The number of nitroso groups, excluding NO2 is 1. The SMILES string of the molecule is O=NCc1nccnc1Cl. The molecule has 0 aliphatic carbocycles. The van der Waals surface area contributed by atoms with Gasteiger partial charge in [0.15, 0.2) is 5.15 Å². The highest BCUT2D eigenvalue weighted by Gasteiger charge is 1.99. The smallest absolute Gasteiger partial charge is 0.152 e. The van der Waals surface area contributed by atoms with Crippen LogP contribution in [0.2, 0.25) is 5.15 Å². The van der Waals surface area contributed by atoms with Crippen LogP contribution in [-0.4, -0.2) is 9.97 Å². The normalized spacial score (nSPS) is 9.30. The second-order valence-electron chi connectivity index (χ2n) is 1.58. The molecule has 1 aromatic rings. The first-order valence-corrected chi connectivity index (χ1v) is 2.97. The first-order chi connectivity index (χ1) is 4.84. The molecule has 5 heteroatoms. The van der Waals surface area contributed by atoms with Gasteiger partial charge in [0, 0.05) is 12.4 Å². The summed E-state index contributed by atoms with van der Waals surface area (Å²) in [5.74, 6) is 0. The molecule has 0 amide bonds. The lowest BCUT2D eigenvalue weighted by atomic mass is 10.5. The van der Waals surface area contributed by atoms with Gasteiger partial charge in [-0.3, -0.25) is 4.98 Å². The molecule has 4 nitrogen and oxygen atoms in total. The Labute approximate surface area is 62.2 Å². The van der Waals surface area contributed by atoms with Gasteiger partial charge in [-0.25, -0.2) is 4.98 Å². The minimum atomic E-state index is -0.0212. The van der Waals surface area contributed by atoms with Crippen molar-refractivity contribution in [1.82, 2.24) is 9.97 Å². The molecular formula is C5H4ClN3O. The second kappa shape index (κ2) is 3.22. The summed E-state index contributed by atoms with van der Waals surface area (Å²) in [6.07, 6.45) is 2.92. The highest BCUT2D eigenvalue weighted by Crippen LogP contribution is 2.08. The van der Waals surface area contributed by atoms with Crippen molar-refractivity contribution in [2.24, 2.45) is 5.18 Å². The second-order valence-corrected chi connectivity index (χ2v) is 1.94. The summed E-state index contributed by atoms with van der Waals surface area (Å²) < 4.78 is 0. The van der Waals surface area contributed by atoms with Gasteiger partial charge < -0.3 is 0 Å². The molecule has 10 heavy (non-hydrogen) atoms. The van der Waals surface area contributed by atoms with E-state index in [1.54, 1.807) is 0 Å². The molecule has 0 saturated carbocycles. The van der Waals surface area contributed by atoms with Crippen molar-refractivity contribution in [3.05, 3.63) is 28.1 Å². The molecule has 0 bridgehead atoms. The molecule has 1 rings (SSSR count). The third-order valence-corrected chi connectivity index (χ3v) is 1.25. The molecule has 0 aliphatic heterocycles. The topological polar surface area (TPSA) is 55.2 Å². The molecule has 0 atom stereocenters. The van der Waals surface area contributed by atoms with Crippen molar-refractivity contribution in [3.8, 4) is 0 Å². The van der Waals surface area contributed by atoms with E-state index in [0.29, 0.717) is 5.69 Å². The average molecular weight is 158 g/mol. The molecule has 0 aliphatic rings. The fourth-order valence-electron chi connectivity index (χ4n) is 0.517. The van der Waals surface area contributed by atoms with E-state index in [1.165, 1.54) is 12.4 Å². The maximum absolute atomic E-state index is 9.75. The molecule has 0 fully saturated rings. The van der Waals surface area contributed by atoms with Crippen molar-refractivity contribution in [1.29, 1.82) is 0 Å². The Morgan fingerprint density at radius 1 is 1.50 bits per heavy atom. The zero-order valence-electron chi connectivity index (χ0n) is 4.99. The summed E-state index contributed by atoms with van der Waals surface area (Å²) in [6.45, 7) is -0.0212. The Bertz CT molecular complexity index is 240. The van der Waals surface area contributed by atoms with E-state index in [2.05, 4.69) is 15.1 Å². The quantitative estimate of drug-likeness (QED) is 0.610. The lowest BCUT2D eigenvalue weighted by Gasteiger charge is -1.92. The Morgan fingerprint density at radius 2 is 2.20 bits per heavy atom. The Balaban J connectivity index is 2.91. The number of nitrogens with zero attached hydrogens (tertiary/aromatic N) is 3. The Kier molecular flexibility index (Phi) is 2.28. The van der Waals surface area contributed by atoms with Gasteiger partial charge in [0.1, 0.15) is 12.2 Å². The van der Waals surface area contributed by atoms with Gasteiger partial charge in [-0.1, -0.05) is 16.8 Å². The molecule has 52 valence electrons. The summed E-state index contributed by atoms with van der Waals surface area (Å²) in [6, 6.07) is 0. The predicted octanol–water partition coefficient (Wildman–Crippen LogP) is 1.40. The fraction of sp³-hybridized carbons (Fsp3) is 0.200. The predicted molar refractivity (Wildman–Crippen MR) is 36.5 cm³/mol. The van der Waals surface area contributed by atoms with Gasteiger partial charge in [0.05, 0.1) is 0 Å². The maximum Gasteiger partial charge on any atom is 0.152 e. The van der Waals surface area contributed by atoms with Gasteiger partial charge in [-0.05, 0) is 0 Å². The van der Waals surface area contributed by atoms with Crippen molar-refractivity contribution < 1.29 is 0 Å². The monoisotopic (exact) mass is 157 g/mol. The molecule has 0 spiro atoms. The highest BCUT2D eigenvalue weighted by molar-refractivity contribution is 6.29. The largest absolute Gasteiger partial charge is 0.254 e. The zero-order chi connectivity index (χ0) is 7.40.